The van der Waals surface area contributed by atoms with E-state index in [-0.39, 0.29) is 5.78 Å². The van der Waals surface area contributed by atoms with Gasteiger partial charge >= 0.3 is 0 Å². The molecule has 0 unspecified atom stereocenters. The molecule has 1 aromatic heterocycles. The first kappa shape index (κ1) is 12.1. The molecule has 1 heterocycles. The topological polar surface area (TPSA) is 65.2 Å². The molecule has 0 saturated heterocycles. The second-order valence-corrected chi connectivity index (χ2v) is 4.01. The summed E-state index contributed by atoms with van der Waals surface area (Å²) in [5.74, 6) is 0.470. The lowest BCUT2D eigenvalue weighted by Gasteiger charge is -2.05. The maximum Gasteiger partial charge on any atom is 0.194 e. The quantitative estimate of drug-likeness (QED) is 0.662. The van der Waals surface area contributed by atoms with Gasteiger partial charge in [0.15, 0.2) is 5.78 Å². The third-order valence-corrected chi connectivity index (χ3v) is 2.74. The van der Waals surface area contributed by atoms with Gasteiger partial charge in [-0.05, 0) is 36.8 Å². The van der Waals surface area contributed by atoms with Gasteiger partial charge in [0.1, 0.15) is 5.75 Å². The number of aromatic nitrogens is 1. The van der Waals surface area contributed by atoms with E-state index in [1.807, 2.05) is 6.92 Å². The molecule has 18 heavy (non-hydrogen) atoms. The Morgan fingerprint density at radius 1 is 1.22 bits per heavy atom. The van der Waals surface area contributed by atoms with Crippen LogP contribution in [0.5, 0.6) is 5.75 Å². The van der Waals surface area contributed by atoms with Crippen molar-refractivity contribution in [1.82, 2.24) is 4.98 Å². The van der Waals surface area contributed by atoms with Crippen molar-refractivity contribution in [3.8, 4) is 5.75 Å². The molecular weight excluding hydrogens is 228 g/mol. The average molecular weight is 242 g/mol. The van der Waals surface area contributed by atoms with Crippen LogP contribution in [0.1, 0.15) is 21.5 Å². The summed E-state index contributed by atoms with van der Waals surface area (Å²) in [6, 6.07) is 6.89. The Balaban J connectivity index is 2.38. The SMILES string of the molecule is COc1cncc(C(=O)c2ccc(N)c(C)c2)c1. The maximum atomic E-state index is 12.2. The summed E-state index contributed by atoms with van der Waals surface area (Å²) in [6.07, 6.45) is 3.08. The molecule has 2 rings (SSSR count). The van der Waals surface area contributed by atoms with Gasteiger partial charge in [-0.25, -0.2) is 0 Å². The summed E-state index contributed by atoms with van der Waals surface area (Å²) in [7, 11) is 1.54. The molecule has 0 aliphatic rings. The number of nitrogen functional groups attached to an aromatic ring is 1. The largest absolute Gasteiger partial charge is 0.495 e. The molecule has 4 nitrogen and oxygen atoms in total. The number of ketones is 1. The van der Waals surface area contributed by atoms with Gasteiger partial charge in [0, 0.05) is 23.0 Å². The molecular formula is C14H14N2O2. The Hall–Kier alpha value is -2.36. The monoisotopic (exact) mass is 242 g/mol. The number of nitrogens with two attached hydrogens (primary N) is 1. The lowest BCUT2D eigenvalue weighted by atomic mass is 10.0. The van der Waals surface area contributed by atoms with Crippen LogP contribution in [-0.2, 0) is 0 Å². The predicted octanol–water partition coefficient (Wildman–Crippen LogP) is 2.21. The molecule has 0 spiro atoms. The summed E-state index contributed by atoms with van der Waals surface area (Å²) < 4.78 is 5.05. The fourth-order valence-electron chi connectivity index (χ4n) is 1.64. The molecule has 2 N–H and O–H groups in total. The minimum absolute atomic E-state index is 0.0931. The van der Waals surface area contributed by atoms with Crippen LogP contribution in [0.25, 0.3) is 0 Å². The number of hydrogen-bond donors (Lipinski definition) is 1. The van der Waals surface area contributed by atoms with Crippen molar-refractivity contribution >= 4 is 11.5 Å². The second kappa shape index (κ2) is 4.87. The smallest absolute Gasteiger partial charge is 0.194 e. The van der Waals surface area contributed by atoms with Crippen LogP contribution in [0.2, 0.25) is 0 Å². The molecule has 0 atom stereocenters. The number of carbonyl (C=O) groups excluding carboxylic acids is 1. The minimum Gasteiger partial charge on any atom is -0.495 e. The van der Waals surface area contributed by atoms with Crippen molar-refractivity contribution in [2.75, 3.05) is 12.8 Å². The number of pyridine rings is 1. The van der Waals surface area contributed by atoms with Gasteiger partial charge in [0.25, 0.3) is 0 Å². The maximum absolute atomic E-state index is 12.2. The Bertz CT molecular complexity index is 594. The van der Waals surface area contributed by atoms with Crippen LogP contribution in [-0.4, -0.2) is 17.9 Å². The van der Waals surface area contributed by atoms with Gasteiger partial charge in [-0.3, -0.25) is 9.78 Å². The lowest BCUT2D eigenvalue weighted by molar-refractivity contribution is 0.103. The van der Waals surface area contributed by atoms with Crippen molar-refractivity contribution in [3.05, 3.63) is 53.3 Å². The highest BCUT2D eigenvalue weighted by molar-refractivity contribution is 6.09. The van der Waals surface area contributed by atoms with Crippen LogP contribution in [0.15, 0.2) is 36.7 Å². The summed E-state index contributed by atoms with van der Waals surface area (Å²) >= 11 is 0. The zero-order valence-electron chi connectivity index (χ0n) is 10.3. The Morgan fingerprint density at radius 2 is 2.00 bits per heavy atom. The van der Waals surface area contributed by atoms with Crippen molar-refractivity contribution in [2.24, 2.45) is 0 Å². The molecule has 0 bridgehead atoms. The van der Waals surface area contributed by atoms with E-state index >= 15 is 0 Å². The van der Waals surface area contributed by atoms with Crippen LogP contribution in [0.3, 0.4) is 0 Å². The van der Waals surface area contributed by atoms with Gasteiger partial charge < -0.3 is 10.5 Å². The number of carbonyl (C=O) groups is 1. The molecule has 4 heteroatoms. The normalized spacial score (nSPS) is 10.1. The zero-order chi connectivity index (χ0) is 13.1. The van der Waals surface area contributed by atoms with E-state index in [2.05, 4.69) is 4.98 Å². The van der Waals surface area contributed by atoms with Crippen LogP contribution < -0.4 is 10.5 Å². The van der Waals surface area contributed by atoms with Gasteiger partial charge in [-0.2, -0.15) is 0 Å². The van der Waals surface area contributed by atoms with Crippen LogP contribution >= 0.6 is 0 Å². The predicted molar refractivity (Wildman–Crippen MR) is 69.8 cm³/mol. The number of benzene rings is 1. The van der Waals surface area contributed by atoms with E-state index in [4.69, 9.17) is 10.5 Å². The van der Waals surface area contributed by atoms with E-state index in [9.17, 15) is 4.79 Å². The van der Waals surface area contributed by atoms with Gasteiger partial charge in [-0.15, -0.1) is 0 Å². The van der Waals surface area contributed by atoms with Crippen LogP contribution in [0, 0.1) is 6.92 Å². The van der Waals surface area contributed by atoms with Crippen molar-refractivity contribution in [1.29, 1.82) is 0 Å². The standard InChI is InChI=1S/C14H14N2O2/c1-9-5-10(3-4-13(9)15)14(17)11-6-12(18-2)8-16-7-11/h3-8H,15H2,1-2H3. The third-order valence-electron chi connectivity index (χ3n) is 2.74. The first-order chi connectivity index (χ1) is 8.61. The van der Waals surface area contributed by atoms with E-state index in [1.54, 1.807) is 37.6 Å². The van der Waals surface area contributed by atoms with Crippen LogP contribution in [0.4, 0.5) is 5.69 Å². The molecule has 0 radical (unpaired) electrons. The Kier molecular flexibility index (Phi) is 3.28. The van der Waals surface area contributed by atoms with Gasteiger partial charge in [0.2, 0.25) is 0 Å². The zero-order valence-corrected chi connectivity index (χ0v) is 10.3. The molecule has 0 saturated carbocycles. The fourth-order valence-corrected chi connectivity index (χ4v) is 1.64. The van der Waals surface area contributed by atoms with Crippen molar-refractivity contribution in [2.45, 2.75) is 6.92 Å². The first-order valence-corrected chi connectivity index (χ1v) is 5.51. The number of rotatable bonds is 3. The number of aryl methyl sites for hydroxylation is 1. The first-order valence-electron chi connectivity index (χ1n) is 5.51. The Morgan fingerprint density at radius 3 is 2.67 bits per heavy atom. The number of ether oxygens (including phenoxy) is 1. The average Bonchev–Trinajstić information content (AvgIpc) is 2.41. The molecule has 0 aliphatic heterocycles. The lowest BCUT2D eigenvalue weighted by Crippen LogP contribution is -2.03. The molecule has 1 aromatic carbocycles. The fraction of sp³-hybridized carbons (Fsp3) is 0.143. The van der Waals surface area contributed by atoms with E-state index in [0.717, 1.165) is 5.56 Å². The Labute approximate surface area is 105 Å². The summed E-state index contributed by atoms with van der Waals surface area (Å²) in [5.41, 5.74) is 8.38. The van der Waals surface area contributed by atoms with Crippen molar-refractivity contribution in [3.63, 3.8) is 0 Å². The molecule has 0 amide bonds. The number of hydrogen-bond acceptors (Lipinski definition) is 4. The highest BCUT2D eigenvalue weighted by atomic mass is 16.5. The minimum atomic E-state index is -0.0931. The molecule has 0 fully saturated rings. The summed E-state index contributed by atoms with van der Waals surface area (Å²) in [5, 5.41) is 0. The third kappa shape index (κ3) is 2.32. The van der Waals surface area contributed by atoms with Crippen molar-refractivity contribution < 1.29 is 9.53 Å². The number of anilines is 1. The summed E-state index contributed by atoms with van der Waals surface area (Å²) in [6.45, 7) is 1.87. The molecule has 0 aliphatic carbocycles. The van der Waals surface area contributed by atoms with E-state index < -0.39 is 0 Å². The highest BCUT2D eigenvalue weighted by Crippen LogP contribution is 2.18. The van der Waals surface area contributed by atoms with Gasteiger partial charge in [0.05, 0.1) is 13.3 Å². The number of nitrogens with zero attached hydrogens (tertiary/aromatic N) is 1. The molecule has 2 aromatic rings. The molecule has 92 valence electrons. The van der Waals surface area contributed by atoms with E-state index in [0.29, 0.717) is 22.6 Å². The van der Waals surface area contributed by atoms with E-state index in [1.165, 1.54) is 6.20 Å². The number of methoxy groups -OCH3 is 1. The highest BCUT2D eigenvalue weighted by Gasteiger charge is 2.11. The second-order valence-electron chi connectivity index (χ2n) is 4.01. The summed E-state index contributed by atoms with van der Waals surface area (Å²) in [4.78, 5) is 16.2. The van der Waals surface area contributed by atoms with Gasteiger partial charge in [-0.1, -0.05) is 0 Å².